The van der Waals surface area contributed by atoms with Gasteiger partial charge in [-0.1, -0.05) is 13.0 Å². The Morgan fingerprint density at radius 2 is 2.12 bits per heavy atom. The van der Waals surface area contributed by atoms with Crippen molar-refractivity contribution in [1.29, 1.82) is 5.26 Å². The van der Waals surface area contributed by atoms with E-state index in [9.17, 15) is 0 Å². The number of hydrogen-bond donors (Lipinski definition) is 0. The molecule has 1 aromatic rings. The third kappa shape index (κ3) is 2.75. The zero-order valence-corrected chi connectivity index (χ0v) is 15.5. The molecule has 5 unspecified atom stereocenters. The van der Waals surface area contributed by atoms with Crippen molar-refractivity contribution in [2.24, 2.45) is 17.3 Å². The summed E-state index contributed by atoms with van der Waals surface area (Å²) in [6.45, 7) is 3.06. The van der Waals surface area contributed by atoms with E-state index in [1.165, 1.54) is 44.1 Å². The van der Waals surface area contributed by atoms with Crippen LogP contribution in [0.1, 0.15) is 62.5 Å². The topological polar surface area (TPSA) is 42.2 Å². The molecule has 0 N–H and O–H groups in total. The lowest BCUT2D eigenvalue weighted by molar-refractivity contribution is -0.0623. The molecule has 3 heteroatoms. The van der Waals surface area contributed by atoms with Crippen LogP contribution in [0, 0.1) is 28.6 Å². The summed E-state index contributed by atoms with van der Waals surface area (Å²) in [4.78, 5) is 0. The second kappa shape index (κ2) is 6.65. The first-order chi connectivity index (χ1) is 12.2. The maximum atomic E-state index is 8.78. The molecular weight excluding hydrogens is 310 g/mol. The van der Waals surface area contributed by atoms with Gasteiger partial charge in [-0.15, -0.1) is 0 Å². The Balaban J connectivity index is 1.55. The Hall–Kier alpha value is -1.53. The highest BCUT2D eigenvalue weighted by Gasteiger charge is 2.55. The van der Waals surface area contributed by atoms with Gasteiger partial charge < -0.3 is 9.47 Å². The van der Waals surface area contributed by atoms with Crippen molar-refractivity contribution >= 4 is 0 Å². The molecule has 0 radical (unpaired) electrons. The van der Waals surface area contributed by atoms with Crippen molar-refractivity contribution in [3.8, 4) is 11.8 Å². The van der Waals surface area contributed by atoms with Gasteiger partial charge in [0.2, 0.25) is 0 Å². The van der Waals surface area contributed by atoms with E-state index in [1.54, 1.807) is 12.7 Å². The van der Waals surface area contributed by atoms with Gasteiger partial charge in [-0.05, 0) is 85.0 Å². The van der Waals surface area contributed by atoms with Crippen LogP contribution in [0.4, 0.5) is 0 Å². The second-order valence-corrected chi connectivity index (χ2v) is 8.37. The van der Waals surface area contributed by atoms with Crippen LogP contribution in [0.25, 0.3) is 0 Å². The lowest BCUT2D eigenvalue weighted by Crippen LogP contribution is -2.44. The molecule has 4 rings (SSSR count). The Kier molecular flexibility index (Phi) is 4.50. The summed E-state index contributed by atoms with van der Waals surface area (Å²) in [7, 11) is 1.75. The Labute approximate surface area is 151 Å². The first-order valence-corrected chi connectivity index (χ1v) is 9.82. The number of aryl methyl sites for hydroxylation is 1. The van der Waals surface area contributed by atoms with Crippen molar-refractivity contribution in [3.05, 3.63) is 29.3 Å². The summed E-state index contributed by atoms with van der Waals surface area (Å²) >= 11 is 0. The van der Waals surface area contributed by atoms with Gasteiger partial charge in [0.15, 0.2) is 0 Å². The zero-order valence-electron chi connectivity index (χ0n) is 15.5. The van der Waals surface area contributed by atoms with Gasteiger partial charge in [0.05, 0.1) is 32.3 Å². The van der Waals surface area contributed by atoms with Crippen LogP contribution >= 0.6 is 0 Å². The average Bonchev–Trinajstić information content (AvgIpc) is 2.98. The fourth-order valence-corrected chi connectivity index (χ4v) is 6.16. The highest BCUT2D eigenvalue weighted by molar-refractivity contribution is 5.40. The van der Waals surface area contributed by atoms with E-state index in [0.29, 0.717) is 30.5 Å². The lowest BCUT2D eigenvalue weighted by Gasteiger charge is -2.50. The van der Waals surface area contributed by atoms with Gasteiger partial charge in [0, 0.05) is 0 Å². The van der Waals surface area contributed by atoms with Crippen LogP contribution in [0.3, 0.4) is 0 Å². The number of nitrogens with zero attached hydrogens (tertiary/aromatic N) is 1. The molecule has 3 aliphatic rings. The maximum absolute atomic E-state index is 8.78. The fraction of sp³-hybridized carbons (Fsp3) is 0.682. The van der Waals surface area contributed by atoms with Crippen molar-refractivity contribution in [3.63, 3.8) is 0 Å². The molecule has 0 heterocycles. The van der Waals surface area contributed by atoms with Crippen molar-refractivity contribution in [2.45, 2.75) is 63.9 Å². The third-order valence-electron chi connectivity index (χ3n) is 7.38. The van der Waals surface area contributed by atoms with E-state index in [-0.39, 0.29) is 0 Å². The first kappa shape index (κ1) is 16.9. The molecule has 0 amide bonds. The predicted molar refractivity (Wildman–Crippen MR) is 97.6 cm³/mol. The lowest BCUT2D eigenvalue weighted by atomic mass is 9.55. The molecule has 25 heavy (non-hydrogen) atoms. The minimum Gasteiger partial charge on any atom is -0.497 e. The highest BCUT2D eigenvalue weighted by Crippen LogP contribution is 2.61. The van der Waals surface area contributed by atoms with Crippen molar-refractivity contribution in [1.82, 2.24) is 0 Å². The third-order valence-corrected chi connectivity index (χ3v) is 7.38. The summed E-state index contributed by atoms with van der Waals surface area (Å²) in [5.41, 5.74) is 3.39. The van der Waals surface area contributed by atoms with Gasteiger partial charge in [0.1, 0.15) is 5.75 Å². The van der Waals surface area contributed by atoms with Crippen LogP contribution in [0.5, 0.6) is 5.75 Å². The normalized spacial score (nSPS) is 36.0. The molecule has 2 saturated carbocycles. The molecule has 0 bridgehead atoms. The molecule has 1 aromatic carbocycles. The molecule has 134 valence electrons. The minimum absolute atomic E-state index is 0.306. The maximum Gasteiger partial charge on any atom is 0.119 e. The van der Waals surface area contributed by atoms with Gasteiger partial charge >= 0.3 is 0 Å². The number of fused-ring (bicyclic) bond motifs is 5. The van der Waals surface area contributed by atoms with Crippen LogP contribution in [0.2, 0.25) is 0 Å². The quantitative estimate of drug-likeness (QED) is 0.736. The van der Waals surface area contributed by atoms with E-state index in [2.05, 4.69) is 31.2 Å². The van der Waals surface area contributed by atoms with Gasteiger partial charge in [0.25, 0.3) is 0 Å². The summed E-state index contributed by atoms with van der Waals surface area (Å²) in [6, 6.07) is 8.92. The largest absolute Gasteiger partial charge is 0.497 e. The SMILES string of the molecule is COc1ccc2c(c1)CCC1C2CCC2(C)C(OCCC#N)CCC12. The minimum atomic E-state index is 0.306. The van der Waals surface area contributed by atoms with Gasteiger partial charge in [-0.25, -0.2) is 0 Å². The van der Waals surface area contributed by atoms with E-state index < -0.39 is 0 Å². The monoisotopic (exact) mass is 339 g/mol. The number of hydrogen-bond acceptors (Lipinski definition) is 3. The molecule has 3 nitrogen and oxygen atoms in total. The van der Waals surface area contributed by atoms with Crippen LogP contribution in [-0.4, -0.2) is 19.8 Å². The van der Waals surface area contributed by atoms with Gasteiger partial charge in [-0.2, -0.15) is 5.26 Å². The number of ether oxygens (including phenoxy) is 2. The number of methoxy groups -OCH3 is 1. The standard InChI is InChI=1S/C22H29NO2/c1-22-11-10-18-17-7-5-16(24-2)14-15(17)4-6-19(18)20(22)8-9-21(22)25-13-3-12-23/h5,7,14,18-21H,3-4,6,8-11,13H2,1-2H3. The molecule has 3 aliphatic carbocycles. The smallest absolute Gasteiger partial charge is 0.119 e. The van der Waals surface area contributed by atoms with Crippen LogP contribution in [-0.2, 0) is 11.2 Å². The highest BCUT2D eigenvalue weighted by atomic mass is 16.5. The molecule has 0 aliphatic heterocycles. The van der Waals surface area contributed by atoms with Gasteiger partial charge in [-0.3, -0.25) is 0 Å². The molecule has 2 fully saturated rings. The van der Waals surface area contributed by atoms with E-state index >= 15 is 0 Å². The molecule has 5 atom stereocenters. The molecule has 0 saturated heterocycles. The first-order valence-electron chi connectivity index (χ1n) is 9.82. The Morgan fingerprint density at radius 1 is 1.24 bits per heavy atom. The van der Waals surface area contributed by atoms with E-state index in [0.717, 1.165) is 17.6 Å². The number of rotatable bonds is 4. The Morgan fingerprint density at radius 3 is 2.92 bits per heavy atom. The van der Waals surface area contributed by atoms with E-state index in [1.807, 2.05) is 0 Å². The summed E-state index contributed by atoms with van der Waals surface area (Å²) in [6.07, 6.45) is 8.33. The summed E-state index contributed by atoms with van der Waals surface area (Å²) < 4.78 is 11.6. The molecular formula is C22H29NO2. The summed E-state index contributed by atoms with van der Waals surface area (Å²) in [5.74, 6) is 3.27. The average molecular weight is 339 g/mol. The van der Waals surface area contributed by atoms with Crippen molar-refractivity contribution in [2.75, 3.05) is 13.7 Å². The van der Waals surface area contributed by atoms with E-state index in [4.69, 9.17) is 14.7 Å². The summed E-state index contributed by atoms with van der Waals surface area (Å²) in [5, 5.41) is 8.78. The fourth-order valence-electron chi connectivity index (χ4n) is 6.16. The predicted octanol–water partition coefficient (Wildman–Crippen LogP) is 4.85. The molecule has 0 aromatic heterocycles. The second-order valence-electron chi connectivity index (χ2n) is 8.37. The number of benzene rings is 1. The zero-order chi connectivity index (χ0) is 17.4. The Bertz CT molecular complexity index is 679. The number of nitriles is 1. The van der Waals surface area contributed by atoms with Crippen LogP contribution < -0.4 is 4.74 Å². The van der Waals surface area contributed by atoms with Crippen molar-refractivity contribution < 1.29 is 9.47 Å². The van der Waals surface area contributed by atoms with Crippen LogP contribution in [0.15, 0.2) is 18.2 Å². The molecule has 0 spiro atoms.